The zero-order valence-electron chi connectivity index (χ0n) is 20.1. The number of ether oxygens (including phenoxy) is 2. The van der Waals surface area contributed by atoms with Crippen molar-refractivity contribution in [1.29, 1.82) is 0 Å². The van der Waals surface area contributed by atoms with Gasteiger partial charge in [-0.3, -0.25) is 0 Å². The Kier molecular flexibility index (Phi) is 6.87. The predicted octanol–water partition coefficient (Wildman–Crippen LogP) is 8.00. The molecule has 5 rings (SSSR count). The van der Waals surface area contributed by atoms with E-state index in [0.29, 0.717) is 23.0 Å². The fraction of sp³-hybridized carbons (Fsp3) is 0. The van der Waals surface area contributed by atoms with Gasteiger partial charge < -0.3 is 19.7 Å². The van der Waals surface area contributed by atoms with Gasteiger partial charge in [0.05, 0.1) is 11.1 Å². The van der Waals surface area contributed by atoms with Gasteiger partial charge in [0.25, 0.3) is 0 Å². The third kappa shape index (κ3) is 5.24. The molecule has 5 aromatic rings. The Balaban J connectivity index is 1.75. The van der Waals surface area contributed by atoms with Crippen LogP contribution in [0.5, 0.6) is 23.0 Å². The quantitative estimate of drug-likeness (QED) is 0.223. The molecule has 0 aromatic heterocycles. The number of aromatic carboxylic acids is 2. The molecule has 0 aliphatic heterocycles. The summed E-state index contributed by atoms with van der Waals surface area (Å²) in [5.41, 5.74) is 3.33. The summed E-state index contributed by atoms with van der Waals surface area (Å²) in [6, 6.07) is 35.5. The topological polar surface area (TPSA) is 93.1 Å². The van der Waals surface area contributed by atoms with Crippen molar-refractivity contribution in [3.63, 3.8) is 0 Å². The first-order chi connectivity index (χ1) is 18.5. The molecule has 2 N–H and O–H groups in total. The fourth-order valence-corrected chi connectivity index (χ4v) is 4.08. The minimum Gasteiger partial charge on any atom is -0.478 e. The monoisotopic (exact) mass is 502 g/mol. The van der Waals surface area contributed by atoms with Gasteiger partial charge in [0.1, 0.15) is 11.5 Å². The molecule has 186 valence electrons. The number of hydrogen-bond acceptors (Lipinski definition) is 4. The molecular weight excluding hydrogens is 480 g/mol. The van der Waals surface area contributed by atoms with Crippen LogP contribution >= 0.6 is 0 Å². The van der Waals surface area contributed by atoms with E-state index in [4.69, 9.17) is 9.47 Å². The van der Waals surface area contributed by atoms with Gasteiger partial charge in [0.2, 0.25) is 0 Å². The molecule has 0 saturated carbocycles. The number of carboxylic acids is 2. The van der Waals surface area contributed by atoms with Gasteiger partial charge in [-0.05, 0) is 59.7 Å². The van der Waals surface area contributed by atoms with E-state index in [9.17, 15) is 19.8 Å². The molecule has 38 heavy (non-hydrogen) atoms. The second-order valence-corrected chi connectivity index (χ2v) is 8.42. The maximum Gasteiger partial charge on any atom is 0.335 e. The highest BCUT2D eigenvalue weighted by atomic mass is 16.5. The van der Waals surface area contributed by atoms with Crippen LogP contribution in [0.15, 0.2) is 121 Å². The number of carbonyl (C=O) groups is 2. The maximum atomic E-state index is 11.6. The minimum atomic E-state index is -1.07. The molecule has 0 bridgehead atoms. The summed E-state index contributed by atoms with van der Waals surface area (Å²) in [7, 11) is 0. The van der Waals surface area contributed by atoms with Gasteiger partial charge >= 0.3 is 11.9 Å². The van der Waals surface area contributed by atoms with Gasteiger partial charge in [0, 0.05) is 11.1 Å². The smallest absolute Gasteiger partial charge is 0.335 e. The van der Waals surface area contributed by atoms with Crippen LogP contribution < -0.4 is 9.47 Å². The molecule has 0 spiro atoms. The number of rotatable bonds is 8. The molecule has 0 radical (unpaired) electrons. The van der Waals surface area contributed by atoms with Crippen molar-refractivity contribution in [2.45, 2.75) is 0 Å². The molecule has 0 saturated heterocycles. The van der Waals surface area contributed by atoms with Crippen molar-refractivity contribution in [2.24, 2.45) is 0 Å². The first-order valence-electron chi connectivity index (χ1n) is 11.8. The Bertz CT molecular complexity index is 1490. The molecule has 0 amide bonds. The second kappa shape index (κ2) is 10.7. The molecule has 6 nitrogen and oxygen atoms in total. The summed E-state index contributed by atoms with van der Waals surface area (Å²) < 4.78 is 12.8. The highest BCUT2D eigenvalue weighted by Crippen LogP contribution is 2.48. The van der Waals surface area contributed by atoms with Crippen molar-refractivity contribution < 1.29 is 29.3 Å². The van der Waals surface area contributed by atoms with Gasteiger partial charge in [0.15, 0.2) is 11.5 Å². The summed E-state index contributed by atoms with van der Waals surface area (Å²) in [4.78, 5) is 23.2. The van der Waals surface area contributed by atoms with Crippen molar-refractivity contribution in [3.8, 4) is 45.3 Å². The van der Waals surface area contributed by atoms with Crippen LogP contribution in [0.2, 0.25) is 0 Å². The predicted molar refractivity (Wildman–Crippen MR) is 144 cm³/mol. The van der Waals surface area contributed by atoms with Crippen LogP contribution in [0.3, 0.4) is 0 Å². The van der Waals surface area contributed by atoms with Gasteiger partial charge in [-0.15, -0.1) is 0 Å². The van der Waals surface area contributed by atoms with Crippen LogP contribution in [-0.2, 0) is 0 Å². The first kappa shape index (κ1) is 24.3. The average molecular weight is 503 g/mol. The minimum absolute atomic E-state index is 0.0830. The molecule has 0 fully saturated rings. The molecule has 0 aliphatic carbocycles. The lowest BCUT2D eigenvalue weighted by Gasteiger charge is -2.20. The van der Waals surface area contributed by atoms with E-state index in [1.807, 2.05) is 72.8 Å². The summed E-state index contributed by atoms with van der Waals surface area (Å²) in [5, 5.41) is 19.0. The van der Waals surface area contributed by atoms with Crippen LogP contribution in [-0.4, -0.2) is 22.2 Å². The Morgan fingerprint density at radius 1 is 0.474 bits per heavy atom. The van der Waals surface area contributed by atoms with Gasteiger partial charge in [-0.25, -0.2) is 9.59 Å². The lowest BCUT2D eigenvalue weighted by atomic mass is 9.97. The molecule has 6 heteroatoms. The molecule has 0 atom stereocenters. The summed E-state index contributed by atoms with van der Waals surface area (Å²) in [6.45, 7) is 0. The summed E-state index contributed by atoms with van der Waals surface area (Å²) >= 11 is 0. The second-order valence-electron chi connectivity index (χ2n) is 8.42. The molecule has 0 aliphatic rings. The van der Waals surface area contributed by atoms with Crippen molar-refractivity contribution in [3.05, 3.63) is 132 Å². The number of benzene rings is 5. The largest absolute Gasteiger partial charge is 0.478 e. The fourth-order valence-electron chi connectivity index (χ4n) is 4.08. The van der Waals surface area contributed by atoms with Crippen molar-refractivity contribution >= 4 is 11.9 Å². The Hall–Kier alpha value is -5.36. The summed E-state index contributed by atoms with van der Waals surface area (Å²) in [6.07, 6.45) is 0. The van der Waals surface area contributed by atoms with E-state index in [1.165, 1.54) is 24.3 Å². The average Bonchev–Trinajstić information content (AvgIpc) is 2.95. The van der Waals surface area contributed by atoms with Crippen LogP contribution in [0.4, 0.5) is 0 Å². The first-order valence-corrected chi connectivity index (χ1v) is 11.8. The number of hydrogen-bond donors (Lipinski definition) is 2. The van der Waals surface area contributed by atoms with Crippen LogP contribution in [0.25, 0.3) is 22.3 Å². The van der Waals surface area contributed by atoms with Gasteiger partial charge in [-0.1, -0.05) is 72.8 Å². The Morgan fingerprint density at radius 2 is 0.868 bits per heavy atom. The van der Waals surface area contributed by atoms with Crippen LogP contribution in [0, 0.1) is 0 Å². The van der Waals surface area contributed by atoms with E-state index >= 15 is 0 Å². The molecular formula is C32H22O6. The van der Waals surface area contributed by atoms with Gasteiger partial charge in [-0.2, -0.15) is 0 Å². The van der Waals surface area contributed by atoms with E-state index in [2.05, 4.69) is 0 Å². The SMILES string of the molecule is O=C(O)c1cccc(Oc2c(-c3ccccc3)ccc(-c3ccccc3)c2Oc2cccc(C(=O)O)c2)c1. The molecule has 0 unspecified atom stereocenters. The van der Waals surface area contributed by atoms with E-state index < -0.39 is 11.9 Å². The summed E-state index contributed by atoms with van der Waals surface area (Å²) in [5.74, 6) is -0.785. The third-order valence-electron chi connectivity index (χ3n) is 5.88. The Morgan fingerprint density at radius 3 is 1.24 bits per heavy atom. The Labute approximate surface area is 219 Å². The standard InChI is InChI=1S/C32H22O6/c33-31(34)23-13-7-15-25(19-23)37-29-27(21-9-3-1-4-10-21)17-18-28(22-11-5-2-6-12-22)30(29)38-26-16-8-14-24(20-26)32(35)36/h1-20H,(H,33,34)(H,35,36). The van der Waals surface area contributed by atoms with E-state index in [1.54, 1.807) is 24.3 Å². The van der Waals surface area contributed by atoms with Crippen molar-refractivity contribution in [1.82, 2.24) is 0 Å². The normalized spacial score (nSPS) is 10.5. The lowest BCUT2D eigenvalue weighted by molar-refractivity contribution is 0.0685. The highest BCUT2D eigenvalue weighted by molar-refractivity contribution is 5.89. The highest BCUT2D eigenvalue weighted by Gasteiger charge is 2.21. The molecule has 5 aromatic carbocycles. The zero-order valence-corrected chi connectivity index (χ0v) is 20.1. The van der Waals surface area contributed by atoms with Crippen molar-refractivity contribution in [2.75, 3.05) is 0 Å². The third-order valence-corrected chi connectivity index (χ3v) is 5.88. The van der Waals surface area contributed by atoms with E-state index in [0.717, 1.165) is 22.3 Å². The lowest BCUT2D eigenvalue weighted by Crippen LogP contribution is -2.00. The zero-order chi connectivity index (χ0) is 26.5. The van der Waals surface area contributed by atoms with E-state index in [-0.39, 0.29) is 11.1 Å². The maximum absolute atomic E-state index is 11.6. The molecule has 0 heterocycles. The number of carboxylic acid groups (broad SMARTS) is 2. The van der Waals surface area contributed by atoms with Crippen LogP contribution in [0.1, 0.15) is 20.7 Å².